The summed E-state index contributed by atoms with van der Waals surface area (Å²) >= 11 is 0. The molecule has 11 heteroatoms. The Labute approximate surface area is 229 Å². The molecule has 1 aromatic carbocycles. The van der Waals surface area contributed by atoms with Crippen molar-refractivity contribution in [2.75, 3.05) is 31.6 Å². The number of nitrogens with zero attached hydrogens (tertiary/aromatic N) is 5. The molecule has 8 nitrogen and oxygen atoms in total. The van der Waals surface area contributed by atoms with Gasteiger partial charge in [0.1, 0.15) is 5.82 Å². The lowest BCUT2D eigenvalue weighted by atomic mass is 9.90. The minimum Gasteiger partial charge on any atom is -0.379 e. The van der Waals surface area contributed by atoms with Crippen LogP contribution in [-0.4, -0.2) is 62.4 Å². The lowest BCUT2D eigenvalue weighted by Gasteiger charge is -2.38. The number of morpholine rings is 1. The molecule has 1 aliphatic heterocycles. The molecule has 1 saturated carbocycles. The van der Waals surface area contributed by atoms with Gasteiger partial charge >= 0.3 is 5.69 Å². The van der Waals surface area contributed by atoms with Crippen molar-refractivity contribution in [1.29, 1.82) is 0 Å². The molecular weight excluding hydrogens is 518 g/mol. The van der Waals surface area contributed by atoms with Gasteiger partial charge in [-0.3, -0.25) is 14.0 Å². The number of nitrogens with one attached hydrogen (secondary N) is 1. The molecule has 1 aliphatic carbocycles. The Bertz CT molecular complexity index is 1200. The molecular formula is C26H35Cl2FN6O2. The van der Waals surface area contributed by atoms with E-state index >= 15 is 0 Å². The third-order valence-corrected chi connectivity index (χ3v) is 7.07. The maximum atomic E-state index is 13.5. The maximum absolute atomic E-state index is 13.5. The quantitative estimate of drug-likeness (QED) is 0.477. The van der Waals surface area contributed by atoms with Gasteiger partial charge in [-0.15, -0.1) is 24.8 Å². The van der Waals surface area contributed by atoms with Crippen LogP contribution in [0.1, 0.15) is 45.6 Å². The molecule has 202 valence electrons. The molecule has 0 atom stereocenters. The van der Waals surface area contributed by atoms with Gasteiger partial charge in [0.05, 0.1) is 30.3 Å². The molecule has 37 heavy (non-hydrogen) atoms. The van der Waals surface area contributed by atoms with E-state index in [0.29, 0.717) is 35.1 Å². The summed E-state index contributed by atoms with van der Waals surface area (Å²) in [7, 11) is 0. The molecule has 2 aliphatic rings. The molecule has 3 aromatic rings. The summed E-state index contributed by atoms with van der Waals surface area (Å²) < 4.78 is 22.3. The smallest absolute Gasteiger partial charge is 0.333 e. The molecule has 0 spiro atoms. The first kappa shape index (κ1) is 29.1. The van der Waals surface area contributed by atoms with E-state index in [0.717, 1.165) is 52.0 Å². The van der Waals surface area contributed by atoms with E-state index in [1.165, 1.54) is 12.1 Å². The molecule has 3 heterocycles. The number of hydrogen-bond donors (Lipinski definition) is 1. The van der Waals surface area contributed by atoms with Crippen LogP contribution >= 0.6 is 24.8 Å². The van der Waals surface area contributed by atoms with Crippen molar-refractivity contribution in [3.05, 3.63) is 59.0 Å². The summed E-state index contributed by atoms with van der Waals surface area (Å²) in [6.07, 6.45) is 7.98. The van der Waals surface area contributed by atoms with Crippen LogP contribution in [0, 0.1) is 5.82 Å². The Hall–Kier alpha value is -2.46. The van der Waals surface area contributed by atoms with Crippen molar-refractivity contribution in [3.63, 3.8) is 0 Å². The minimum atomic E-state index is -0.344. The van der Waals surface area contributed by atoms with Crippen molar-refractivity contribution in [2.24, 2.45) is 0 Å². The van der Waals surface area contributed by atoms with E-state index in [2.05, 4.69) is 15.2 Å². The van der Waals surface area contributed by atoms with Crippen LogP contribution in [0.4, 0.5) is 10.3 Å². The topological polar surface area (TPSA) is 77.2 Å². The summed E-state index contributed by atoms with van der Waals surface area (Å²) in [5.41, 5.74) is 1.71. The standard InChI is InChI=1S/C26H33FN6O2.2ClH/c1-18(2)32-17-24(33(26(32)34)22-7-3-19(27)4-8-22)23-11-12-28-25(30-23)29-20-5-9-21(10-6-20)31-13-15-35-16-14-31;;/h3-4,7-8,11-12,17-18,20-21H,5-6,9-10,13-16H2,1-2H3,(H,28,29,30);2*1H. The number of halogens is 3. The van der Waals surface area contributed by atoms with Crippen LogP contribution in [0.25, 0.3) is 17.1 Å². The lowest BCUT2D eigenvalue weighted by molar-refractivity contribution is 0.00790. The number of hydrogen-bond acceptors (Lipinski definition) is 6. The molecule has 2 aromatic heterocycles. The highest BCUT2D eigenvalue weighted by Gasteiger charge is 2.27. The zero-order chi connectivity index (χ0) is 24.4. The summed E-state index contributed by atoms with van der Waals surface area (Å²) in [6.45, 7) is 7.64. The van der Waals surface area contributed by atoms with Gasteiger partial charge in [0, 0.05) is 43.6 Å². The highest BCUT2D eigenvalue weighted by Crippen LogP contribution is 2.27. The second kappa shape index (κ2) is 12.9. The highest BCUT2D eigenvalue weighted by atomic mass is 35.5. The summed E-state index contributed by atoms with van der Waals surface area (Å²) in [5.74, 6) is 0.219. The Morgan fingerprint density at radius 3 is 2.35 bits per heavy atom. The number of benzene rings is 1. The van der Waals surface area contributed by atoms with Gasteiger partial charge in [-0.2, -0.15) is 0 Å². The highest BCUT2D eigenvalue weighted by molar-refractivity contribution is 5.85. The largest absolute Gasteiger partial charge is 0.379 e. The average Bonchev–Trinajstić information content (AvgIpc) is 3.23. The normalized spacial score (nSPS) is 20.2. The Balaban J connectivity index is 0.00000190. The predicted molar refractivity (Wildman–Crippen MR) is 148 cm³/mol. The monoisotopic (exact) mass is 552 g/mol. The molecule has 0 radical (unpaired) electrons. The molecule has 0 bridgehead atoms. The fourth-order valence-corrected chi connectivity index (χ4v) is 5.13. The second-order valence-electron chi connectivity index (χ2n) is 9.67. The number of imidazole rings is 1. The third-order valence-electron chi connectivity index (χ3n) is 7.07. The van der Waals surface area contributed by atoms with Crippen LogP contribution in [0.3, 0.4) is 0 Å². The van der Waals surface area contributed by atoms with E-state index in [9.17, 15) is 9.18 Å². The van der Waals surface area contributed by atoms with Gasteiger partial charge in [0.2, 0.25) is 5.95 Å². The van der Waals surface area contributed by atoms with Crippen molar-refractivity contribution >= 4 is 30.8 Å². The summed E-state index contributed by atoms with van der Waals surface area (Å²) in [4.78, 5) is 25.0. The lowest BCUT2D eigenvalue weighted by Crippen LogP contribution is -2.46. The summed E-state index contributed by atoms with van der Waals surface area (Å²) in [5, 5.41) is 3.52. The zero-order valence-electron chi connectivity index (χ0n) is 21.2. The van der Waals surface area contributed by atoms with Gasteiger partial charge in [-0.05, 0) is 69.9 Å². The number of aromatic nitrogens is 4. The molecule has 2 fully saturated rings. The van der Waals surface area contributed by atoms with Crippen LogP contribution in [0.15, 0.2) is 47.5 Å². The van der Waals surface area contributed by atoms with Crippen LogP contribution < -0.4 is 11.0 Å². The fourth-order valence-electron chi connectivity index (χ4n) is 5.13. The van der Waals surface area contributed by atoms with Crippen molar-refractivity contribution in [3.8, 4) is 17.1 Å². The second-order valence-corrected chi connectivity index (χ2v) is 9.67. The van der Waals surface area contributed by atoms with Gasteiger partial charge in [-0.1, -0.05) is 0 Å². The van der Waals surface area contributed by atoms with E-state index < -0.39 is 0 Å². The van der Waals surface area contributed by atoms with E-state index in [1.807, 2.05) is 20.0 Å². The Morgan fingerprint density at radius 2 is 1.70 bits per heavy atom. The number of ether oxygens (including phenoxy) is 1. The van der Waals surface area contributed by atoms with Gasteiger partial charge in [0.25, 0.3) is 0 Å². The molecule has 0 unspecified atom stereocenters. The van der Waals surface area contributed by atoms with E-state index in [-0.39, 0.29) is 42.4 Å². The van der Waals surface area contributed by atoms with E-state index in [4.69, 9.17) is 9.72 Å². The first-order valence-corrected chi connectivity index (χ1v) is 12.5. The van der Waals surface area contributed by atoms with E-state index in [1.54, 1.807) is 33.5 Å². The van der Waals surface area contributed by atoms with Gasteiger partial charge in [0.15, 0.2) is 0 Å². The van der Waals surface area contributed by atoms with Crippen molar-refractivity contribution in [2.45, 2.75) is 57.7 Å². The average molecular weight is 554 g/mol. The van der Waals surface area contributed by atoms with Crippen LogP contribution in [-0.2, 0) is 4.74 Å². The summed E-state index contributed by atoms with van der Waals surface area (Å²) in [6, 6.07) is 8.67. The Morgan fingerprint density at radius 1 is 1.03 bits per heavy atom. The molecule has 1 N–H and O–H groups in total. The Kier molecular flexibility index (Phi) is 10.1. The van der Waals surface area contributed by atoms with Crippen molar-refractivity contribution in [1.82, 2.24) is 24.0 Å². The number of rotatable bonds is 6. The fraction of sp³-hybridized carbons (Fsp3) is 0.500. The third kappa shape index (κ3) is 6.52. The van der Waals surface area contributed by atoms with Crippen molar-refractivity contribution < 1.29 is 9.13 Å². The predicted octanol–water partition coefficient (Wildman–Crippen LogP) is 4.71. The van der Waals surface area contributed by atoms with Crippen LogP contribution in [0.5, 0.6) is 0 Å². The molecule has 5 rings (SSSR count). The first-order valence-electron chi connectivity index (χ1n) is 12.5. The first-order chi connectivity index (χ1) is 17.0. The molecule has 0 amide bonds. The number of anilines is 1. The van der Waals surface area contributed by atoms with Gasteiger partial charge in [-0.25, -0.2) is 19.2 Å². The molecule has 1 saturated heterocycles. The van der Waals surface area contributed by atoms with Crippen LogP contribution in [0.2, 0.25) is 0 Å². The minimum absolute atomic E-state index is 0. The SMILES string of the molecule is CC(C)n1cc(-c2ccnc(NC3CCC(N4CCOCC4)CC3)n2)n(-c2ccc(F)cc2)c1=O.Cl.Cl. The van der Waals surface area contributed by atoms with Gasteiger partial charge < -0.3 is 10.1 Å². The maximum Gasteiger partial charge on any atom is 0.333 e. The zero-order valence-corrected chi connectivity index (χ0v) is 22.8.